The summed E-state index contributed by atoms with van der Waals surface area (Å²) in [5.41, 5.74) is 1.55. The van der Waals surface area contributed by atoms with Crippen molar-refractivity contribution in [2.45, 2.75) is 38.6 Å². The van der Waals surface area contributed by atoms with Gasteiger partial charge in [0, 0.05) is 17.3 Å². The van der Waals surface area contributed by atoms with E-state index in [4.69, 9.17) is 0 Å². The largest absolute Gasteiger partial charge is 0.376 e. The van der Waals surface area contributed by atoms with Crippen molar-refractivity contribution in [2.24, 2.45) is 11.8 Å². The van der Waals surface area contributed by atoms with E-state index in [2.05, 4.69) is 10.6 Å². The quantitative estimate of drug-likeness (QED) is 0.758. The Labute approximate surface area is 125 Å². The lowest BCUT2D eigenvalue weighted by atomic mass is 10.1. The maximum Gasteiger partial charge on any atom is 0.239 e. The molecule has 2 N–H and O–H groups in total. The molecule has 0 radical (unpaired) electrons. The fourth-order valence-electron chi connectivity index (χ4n) is 2.77. The van der Waals surface area contributed by atoms with Crippen LogP contribution in [0.15, 0.2) is 24.3 Å². The van der Waals surface area contributed by atoms with Crippen molar-refractivity contribution in [3.63, 3.8) is 0 Å². The number of hydrogen-bond donors (Lipinski definition) is 2. The first-order valence-electron chi connectivity index (χ1n) is 7.78. The van der Waals surface area contributed by atoms with E-state index in [0.717, 1.165) is 17.5 Å². The Balaban J connectivity index is 1.47. The predicted molar refractivity (Wildman–Crippen MR) is 82.3 cm³/mol. The van der Waals surface area contributed by atoms with Crippen molar-refractivity contribution in [1.82, 2.24) is 5.32 Å². The van der Waals surface area contributed by atoms with Gasteiger partial charge in [-0.05, 0) is 68.7 Å². The van der Waals surface area contributed by atoms with Crippen LogP contribution in [-0.2, 0) is 4.79 Å². The molecular weight excluding hydrogens is 264 g/mol. The van der Waals surface area contributed by atoms with E-state index in [-0.39, 0.29) is 18.2 Å². The van der Waals surface area contributed by atoms with Gasteiger partial charge in [0.25, 0.3) is 0 Å². The molecule has 2 aliphatic rings. The third-order valence-corrected chi connectivity index (χ3v) is 4.33. The summed E-state index contributed by atoms with van der Waals surface area (Å²) in [6.45, 7) is 1.83. The maximum absolute atomic E-state index is 12.0. The molecule has 0 spiro atoms. The van der Waals surface area contributed by atoms with E-state index in [1.165, 1.54) is 25.7 Å². The molecule has 0 aliphatic heterocycles. The minimum Gasteiger partial charge on any atom is -0.376 e. The number of carbonyl (C=O) groups is 2. The lowest BCUT2D eigenvalue weighted by Crippen LogP contribution is -2.41. The van der Waals surface area contributed by atoms with Crippen LogP contribution >= 0.6 is 0 Å². The van der Waals surface area contributed by atoms with Crippen LogP contribution in [0, 0.1) is 11.8 Å². The monoisotopic (exact) mass is 286 g/mol. The topological polar surface area (TPSA) is 58.2 Å². The Morgan fingerprint density at radius 3 is 2.14 bits per heavy atom. The fraction of sp³-hybridized carbons (Fsp3) is 0.529. The molecule has 4 heteroatoms. The molecule has 2 fully saturated rings. The van der Waals surface area contributed by atoms with Crippen LogP contribution in [0.2, 0.25) is 0 Å². The summed E-state index contributed by atoms with van der Waals surface area (Å²) in [5.74, 6) is 1.55. The first kappa shape index (κ1) is 14.1. The minimum absolute atomic E-state index is 0.0519. The molecule has 0 atom stereocenters. The second-order valence-corrected chi connectivity index (χ2v) is 6.26. The van der Waals surface area contributed by atoms with Crippen molar-refractivity contribution in [2.75, 3.05) is 11.9 Å². The zero-order chi connectivity index (χ0) is 14.8. The van der Waals surface area contributed by atoms with Crippen LogP contribution in [0.4, 0.5) is 5.69 Å². The van der Waals surface area contributed by atoms with Gasteiger partial charge in [-0.1, -0.05) is 0 Å². The second kappa shape index (κ2) is 5.88. The maximum atomic E-state index is 12.0. The Morgan fingerprint density at radius 1 is 1.10 bits per heavy atom. The van der Waals surface area contributed by atoms with Crippen LogP contribution in [-0.4, -0.2) is 24.3 Å². The van der Waals surface area contributed by atoms with Gasteiger partial charge >= 0.3 is 0 Å². The Morgan fingerprint density at radius 2 is 1.67 bits per heavy atom. The number of hydrogen-bond acceptors (Lipinski definition) is 3. The molecule has 0 aromatic heterocycles. The van der Waals surface area contributed by atoms with Gasteiger partial charge in [-0.25, -0.2) is 0 Å². The van der Waals surface area contributed by atoms with Crippen LogP contribution in [0.1, 0.15) is 43.0 Å². The highest BCUT2D eigenvalue weighted by atomic mass is 16.2. The first-order chi connectivity index (χ1) is 10.1. The van der Waals surface area contributed by atoms with Gasteiger partial charge in [0.05, 0.1) is 6.54 Å². The molecule has 0 unspecified atom stereocenters. The van der Waals surface area contributed by atoms with Gasteiger partial charge in [0.15, 0.2) is 5.78 Å². The number of amides is 1. The summed E-state index contributed by atoms with van der Waals surface area (Å²) in [4.78, 5) is 23.2. The van der Waals surface area contributed by atoms with Crippen LogP contribution < -0.4 is 10.6 Å². The molecule has 0 bridgehead atoms. The van der Waals surface area contributed by atoms with E-state index in [9.17, 15) is 9.59 Å². The summed E-state index contributed by atoms with van der Waals surface area (Å²) in [6, 6.07) is 7.63. The molecule has 21 heavy (non-hydrogen) atoms. The molecule has 0 heterocycles. The van der Waals surface area contributed by atoms with Crippen molar-refractivity contribution < 1.29 is 9.59 Å². The van der Waals surface area contributed by atoms with Crippen molar-refractivity contribution in [3.8, 4) is 0 Å². The molecule has 3 rings (SSSR count). The van der Waals surface area contributed by atoms with Gasteiger partial charge in [0.2, 0.25) is 5.91 Å². The summed E-state index contributed by atoms with van der Waals surface area (Å²) in [7, 11) is 0. The van der Waals surface area contributed by atoms with Crippen LogP contribution in [0.5, 0.6) is 0 Å². The van der Waals surface area contributed by atoms with E-state index in [1.807, 2.05) is 12.1 Å². The number of nitrogens with one attached hydrogen (secondary N) is 2. The Hall–Kier alpha value is -1.84. The smallest absolute Gasteiger partial charge is 0.239 e. The summed E-state index contributed by atoms with van der Waals surface area (Å²) < 4.78 is 0. The molecule has 1 aromatic carbocycles. The van der Waals surface area contributed by atoms with Crippen LogP contribution in [0.25, 0.3) is 0 Å². The van der Waals surface area contributed by atoms with Gasteiger partial charge < -0.3 is 10.6 Å². The highest BCUT2D eigenvalue weighted by Crippen LogP contribution is 2.44. The van der Waals surface area contributed by atoms with Crippen molar-refractivity contribution in [3.05, 3.63) is 29.8 Å². The average molecular weight is 286 g/mol. The lowest BCUT2D eigenvalue weighted by Gasteiger charge is -2.18. The minimum atomic E-state index is 0.0519. The van der Waals surface area contributed by atoms with E-state index in [0.29, 0.717) is 11.6 Å². The van der Waals surface area contributed by atoms with E-state index < -0.39 is 0 Å². The van der Waals surface area contributed by atoms with Gasteiger partial charge in [-0.15, -0.1) is 0 Å². The molecule has 0 saturated heterocycles. The van der Waals surface area contributed by atoms with Crippen molar-refractivity contribution >= 4 is 17.4 Å². The SMILES string of the molecule is CC(=O)c1ccc(NCC(=O)NC(C2CC2)C2CC2)cc1. The highest BCUT2D eigenvalue weighted by molar-refractivity contribution is 5.94. The van der Waals surface area contributed by atoms with E-state index in [1.54, 1.807) is 19.1 Å². The molecule has 2 saturated carbocycles. The number of ketones is 1. The zero-order valence-corrected chi connectivity index (χ0v) is 12.4. The highest BCUT2D eigenvalue weighted by Gasteiger charge is 2.42. The zero-order valence-electron chi connectivity index (χ0n) is 12.4. The molecule has 2 aliphatic carbocycles. The third kappa shape index (κ3) is 3.84. The second-order valence-electron chi connectivity index (χ2n) is 6.26. The number of carbonyl (C=O) groups excluding carboxylic acids is 2. The normalized spacial score (nSPS) is 17.6. The fourth-order valence-corrected chi connectivity index (χ4v) is 2.77. The Bertz CT molecular complexity index is 518. The standard InChI is InChI=1S/C17H22N2O2/c1-11(20)12-6-8-15(9-7-12)18-10-16(21)19-17(13-2-3-13)14-4-5-14/h6-9,13-14,17-18H,2-5,10H2,1H3,(H,19,21). The molecular formula is C17H22N2O2. The number of anilines is 1. The average Bonchev–Trinajstić information content (AvgIpc) is 3.36. The summed E-state index contributed by atoms with van der Waals surface area (Å²) in [6.07, 6.45) is 5.06. The number of rotatable bonds is 7. The molecule has 1 aromatic rings. The first-order valence-corrected chi connectivity index (χ1v) is 7.78. The lowest BCUT2D eigenvalue weighted by molar-refractivity contribution is -0.120. The number of benzene rings is 1. The predicted octanol–water partition coefficient (Wildman–Crippen LogP) is 2.61. The van der Waals surface area contributed by atoms with Gasteiger partial charge in [-0.2, -0.15) is 0 Å². The third-order valence-electron chi connectivity index (χ3n) is 4.33. The summed E-state index contributed by atoms with van der Waals surface area (Å²) >= 11 is 0. The Kier molecular flexibility index (Phi) is 3.95. The molecule has 4 nitrogen and oxygen atoms in total. The molecule has 112 valence electrons. The van der Waals surface area contributed by atoms with Gasteiger partial charge in [0.1, 0.15) is 0 Å². The van der Waals surface area contributed by atoms with Crippen molar-refractivity contribution in [1.29, 1.82) is 0 Å². The van der Waals surface area contributed by atoms with E-state index >= 15 is 0 Å². The number of Topliss-reactive ketones (excluding diaryl/α,β-unsaturated/α-hetero) is 1. The van der Waals surface area contributed by atoms with Crippen LogP contribution in [0.3, 0.4) is 0 Å². The molecule has 1 amide bonds. The van der Waals surface area contributed by atoms with Gasteiger partial charge in [-0.3, -0.25) is 9.59 Å². The summed E-state index contributed by atoms with van der Waals surface area (Å²) in [5, 5.41) is 6.30.